The predicted molar refractivity (Wildman–Crippen MR) is 150 cm³/mol. The number of fused-ring (bicyclic) bond motifs is 1. The quantitative estimate of drug-likeness (QED) is 0.199. The van der Waals surface area contributed by atoms with Crippen molar-refractivity contribution in [2.45, 2.75) is 85.9 Å². The summed E-state index contributed by atoms with van der Waals surface area (Å²) in [5.74, 6) is 0.828. The molecule has 1 amide bonds. The van der Waals surface area contributed by atoms with Gasteiger partial charge in [-0.1, -0.05) is 45.1 Å². The third kappa shape index (κ3) is 7.93. The molecule has 198 valence electrons. The normalized spacial score (nSPS) is 14.8. The van der Waals surface area contributed by atoms with Crippen LogP contribution in [0.15, 0.2) is 52.6 Å². The highest BCUT2D eigenvalue weighted by Crippen LogP contribution is 2.36. The number of aliphatic imine (C=N–C) groups is 1. The van der Waals surface area contributed by atoms with Gasteiger partial charge in [0.1, 0.15) is 5.84 Å². The van der Waals surface area contributed by atoms with Gasteiger partial charge in [-0.3, -0.25) is 23.9 Å². The van der Waals surface area contributed by atoms with Gasteiger partial charge in [0.2, 0.25) is 5.91 Å². The second-order valence-corrected chi connectivity index (χ2v) is 8.77. The summed E-state index contributed by atoms with van der Waals surface area (Å²) in [5.41, 5.74) is 1.78. The lowest BCUT2D eigenvalue weighted by atomic mass is 10.2. The van der Waals surface area contributed by atoms with Gasteiger partial charge in [0.25, 0.3) is 0 Å². The molecular weight excluding hydrogens is 452 g/mol. The lowest BCUT2D eigenvalue weighted by Crippen LogP contribution is -2.43. The number of rotatable bonds is 12. The summed E-state index contributed by atoms with van der Waals surface area (Å²) in [6.45, 7) is 14.0. The highest BCUT2D eigenvalue weighted by Gasteiger charge is 2.29. The molecule has 1 aliphatic rings. The maximum absolute atomic E-state index is 13.5. The summed E-state index contributed by atoms with van der Waals surface area (Å²) in [5, 5.41) is 2.88. The Morgan fingerprint density at radius 2 is 2.06 bits per heavy atom. The average Bonchev–Trinajstić information content (AvgIpc) is 3.68. The molecule has 2 heterocycles. The van der Waals surface area contributed by atoms with Gasteiger partial charge in [-0.25, -0.2) is 4.79 Å². The number of hydrogen-bond acceptors (Lipinski definition) is 4. The molecule has 8 nitrogen and oxygen atoms in total. The van der Waals surface area contributed by atoms with Crippen molar-refractivity contribution in [1.29, 1.82) is 0 Å². The van der Waals surface area contributed by atoms with Crippen LogP contribution in [0.1, 0.15) is 73.3 Å². The number of aromatic nitrogens is 3. The fraction of sp³-hybridized carbons (Fsp3) is 0.571. The zero-order chi connectivity index (χ0) is 26.5. The van der Waals surface area contributed by atoms with Crippen LogP contribution in [-0.2, 0) is 11.3 Å². The Hall–Kier alpha value is -3.16. The van der Waals surface area contributed by atoms with E-state index in [1.165, 1.54) is 6.92 Å². The van der Waals surface area contributed by atoms with Crippen LogP contribution >= 0.6 is 0 Å². The molecule has 0 aromatic carbocycles. The van der Waals surface area contributed by atoms with Gasteiger partial charge in [0.05, 0.1) is 30.3 Å². The van der Waals surface area contributed by atoms with Crippen LogP contribution in [0.3, 0.4) is 0 Å². The molecule has 1 fully saturated rings. The van der Waals surface area contributed by atoms with E-state index < -0.39 is 0 Å². The van der Waals surface area contributed by atoms with Crippen LogP contribution in [0.2, 0.25) is 0 Å². The van der Waals surface area contributed by atoms with E-state index in [2.05, 4.69) is 41.2 Å². The van der Waals surface area contributed by atoms with Crippen molar-refractivity contribution < 1.29 is 4.79 Å². The number of pyridine rings is 1. The first kappa shape index (κ1) is 29.1. The van der Waals surface area contributed by atoms with Gasteiger partial charge in [0, 0.05) is 38.3 Å². The van der Waals surface area contributed by atoms with E-state index >= 15 is 0 Å². The number of allylic oxidation sites excluding steroid dienone is 2. The Morgan fingerprint density at radius 3 is 2.69 bits per heavy atom. The first-order valence-corrected chi connectivity index (χ1v) is 13.3. The highest BCUT2D eigenvalue weighted by atomic mass is 16.2. The molecule has 3 rings (SSSR count). The molecule has 2 aromatic heterocycles. The molecule has 0 radical (unpaired) electrons. The van der Waals surface area contributed by atoms with Crippen molar-refractivity contribution >= 4 is 22.8 Å². The lowest BCUT2D eigenvalue weighted by Gasteiger charge is -2.31. The number of amides is 1. The van der Waals surface area contributed by atoms with Gasteiger partial charge in [-0.2, -0.15) is 0 Å². The molecule has 0 bridgehead atoms. The number of hydrogen-bond donors (Lipinski definition) is 1. The Balaban J connectivity index is 0.00000222. The molecule has 1 atom stereocenters. The second-order valence-electron chi connectivity index (χ2n) is 8.77. The molecule has 0 saturated heterocycles. The molecule has 1 saturated carbocycles. The molecule has 2 aromatic rings. The zero-order valence-corrected chi connectivity index (χ0v) is 22.9. The standard InChI is InChI=1S/C26H38N6O2.C2H6/c1-5-7-10-20(3)30(17-9-15-28-21(4)33)25(29-14-8-6-2)19-31-24-18-27-16-13-23(24)32(26(31)34)22-11-12-22;1-2/h6-8,10,13,16,18,20,22H,5,9,11-12,14-15,17,19H2,1-4H3,(H,28,33);1-2H3/b8-6-,10-7-,29-25?;. The van der Waals surface area contributed by atoms with E-state index in [0.717, 1.165) is 49.1 Å². The maximum Gasteiger partial charge on any atom is 0.329 e. The minimum atomic E-state index is -0.0283. The Morgan fingerprint density at radius 1 is 1.31 bits per heavy atom. The average molecular weight is 497 g/mol. The van der Waals surface area contributed by atoms with Gasteiger partial charge in [-0.15, -0.1) is 0 Å². The van der Waals surface area contributed by atoms with Gasteiger partial charge in [0.15, 0.2) is 0 Å². The minimum absolute atomic E-state index is 0.000756. The number of carbonyl (C=O) groups excluding carboxylic acids is 1. The van der Waals surface area contributed by atoms with Crippen LogP contribution in [0, 0.1) is 0 Å². The summed E-state index contributed by atoms with van der Waals surface area (Å²) in [6.07, 6.45) is 15.7. The number of amidine groups is 1. The van der Waals surface area contributed by atoms with Crippen molar-refractivity contribution in [1.82, 2.24) is 24.3 Å². The van der Waals surface area contributed by atoms with E-state index in [0.29, 0.717) is 19.6 Å². The summed E-state index contributed by atoms with van der Waals surface area (Å²) >= 11 is 0. The van der Waals surface area contributed by atoms with Crippen molar-refractivity contribution in [3.63, 3.8) is 0 Å². The van der Waals surface area contributed by atoms with Crippen LogP contribution < -0.4 is 11.0 Å². The number of nitrogens with zero attached hydrogens (tertiary/aromatic N) is 5. The van der Waals surface area contributed by atoms with Gasteiger partial charge >= 0.3 is 5.69 Å². The fourth-order valence-corrected chi connectivity index (χ4v) is 4.12. The first-order chi connectivity index (χ1) is 17.5. The highest BCUT2D eigenvalue weighted by molar-refractivity contribution is 5.85. The van der Waals surface area contributed by atoms with E-state index in [1.54, 1.807) is 12.4 Å². The number of imidazole rings is 1. The predicted octanol–water partition coefficient (Wildman–Crippen LogP) is 4.72. The van der Waals surface area contributed by atoms with Crippen LogP contribution in [0.5, 0.6) is 0 Å². The monoisotopic (exact) mass is 496 g/mol. The Kier molecular flexibility index (Phi) is 12.2. The summed E-state index contributed by atoms with van der Waals surface area (Å²) in [7, 11) is 0. The molecule has 36 heavy (non-hydrogen) atoms. The van der Waals surface area contributed by atoms with E-state index in [-0.39, 0.29) is 23.7 Å². The SMILES string of the molecule is C/C=C\CN=C(Cn1c(=O)n(C2CC2)c2ccncc21)N(CCCNC(C)=O)C(C)/C=C\CC.CC. The molecular formula is C28H44N6O2. The third-order valence-electron chi connectivity index (χ3n) is 6.01. The zero-order valence-electron chi connectivity index (χ0n) is 22.9. The molecule has 1 N–H and O–H groups in total. The minimum Gasteiger partial charge on any atom is -0.356 e. The summed E-state index contributed by atoms with van der Waals surface area (Å²) in [6, 6.07) is 2.31. The fourth-order valence-electron chi connectivity index (χ4n) is 4.12. The van der Waals surface area contributed by atoms with Crippen LogP contribution in [0.25, 0.3) is 11.0 Å². The van der Waals surface area contributed by atoms with Crippen molar-refractivity contribution in [3.05, 3.63) is 53.2 Å². The molecule has 1 unspecified atom stereocenters. The van der Waals surface area contributed by atoms with E-state index in [1.807, 2.05) is 48.1 Å². The van der Waals surface area contributed by atoms with Crippen molar-refractivity contribution in [2.24, 2.45) is 4.99 Å². The Labute approximate surface area is 215 Å². The van der Waals surface area contributed by atoms with E-state index in [4.69, 9.17) is 4.99 Å². The molecule has 0 aliphatic heterocycles. The summed E-state index contributed by atoms with van der Waals surface area (Å²) in [4.78, 5) is 36.3. The van der Waals surface area contributed by atoms with Crippen molar-refractivity contribution in [2.75, 3.05) is 19.6 Å². The lowest BCUT2D eigenvalue weighted by molar-refractivity contribution is -0.118. The Bertz CT molecular complexity index is 1110. The second kappa shape index (κ2) is 15.1. The number of carbonyl (C=O) groups is 1. The van der Waals surface area contributed by atoms with E-state index in [9.17, 15) is 9.59 Å². The van der Waals surface area contributed by atoms with Crippen molar-refractivity contribution in [3.8, 4) is 0 Å². The first-order valence-electron chi connectivity index (χ1n) is 13.3. The van der Waals surface area contributed by atoms with Crippen LogP contribution in [0.4, 0.5) is 0 Å². The van der Waals surface area contributed by atoms with Gasteiger partial charge in [-0.05, 0) is 45.6 Å². The maximum atomic E-state index is 13.5. The van der Waals surface area contributed by atoms with Gasteiger partial charge < -0.3 is 10.2 Å². The smallest absolute Gasteiger partial charge is 0.329 e. The largest absolute Gasteiger partial charge is 0.356 e. The summed E-state index contributed by atoms with van der Waals surface area (Å²) < 4.78 is 3.73. The third-order valence-corrected chi connectivity index (χ3v) is 6.01. The topological polar surface area (TPSA) is 84.5 Å². The molecule has 1 aliphatic carbocycles. The molecule has 8 heteroatoms. The number of nitrogens with one attached hydrogen (secondary N) is 1. The van der Waals surface area contributed by atoms with Crippen LogP contribution in [-0.4, -0.2) is 56.4 Å². The molecule has 0 spiro atoms.